The Morgan fingerprint density at radius 3 is 2.53 bits per heavy atom. The third kappa shape index (κ3) is 9.00. The predicted molar refractivity (Wildman–Crippen MR) is 80.3 cm³/mol. The lowest BCUT2D eigenvalue weighted by Gasteiger charge is -2.11. The zero-order valence-corrected chi connectivity index (χ0v) is 12.5. The van der Waals surface area contributed by atoms with E-state index in [-0.39, 0.29) is 5.91 Å². The number of carbonyl (C=O) groups excluding carboxylic acids is 1. The number of carbonyl (C=O) groups is 1. The van der Waals surface area contributed by atoms with E-state index < -0.39 is 0 Å². The van der Waals surface area contributed by atoms with Gasteiger partial charge in [0.25, 0.3) is 0 Å². The second-order valence-electron chi connectivity index (χ2n) is 5.53. The SMILES string of the molecule is CCCCCCCCNCCNC[C@H]1CCC(=O)N1. The molecule has 0 radical (unpaired) electrons. The van der Waals surface area contributed by atoms with Gasteiger partial charge in [0.2, 0.25) is 5.91 Å². The van der Waals surface area contributed by atoms with E-state index in [1.807, 2.05) is 0 Å². The summed E-state index contributed by atoms with van der Waals surface area (Å²) in [6.45, 7) is 6.31. The van der Waals surface area contributed by atoms with Crippen LogP contribution in [0.3, 0.4) is 0 Å². The molecule has 4 heteroatoms. The first-order valence-electron chi connectivity index (χ1n) is 8.03. The standard InChI is InChI=1S/C15H31N3O/c1-2-3-4-5-6-7-10-16-11-12-17-13-14-8-9-15(19)18-14/h14,16-17H,2-13H2,1H3,(H,18,19)/t14-/m1/s1. The van der Waals surface area contributed by atoms with Crippen LogP contribution in [0.15, 0.2) is 0 Å². The Balaban J connectivity index is 1.73. The van der Waals surface area contributed by atoms with E-state index in [1.165, 1.54) is 38.5 Å². The van der Waals surface area contributed by atoms with Crippen LogP contribution in [0.5, 0.6) is 0 Å². The fourth-order valence-corrected chi connectivity index (χ4v) is 2.44. The van der Waals surface area contributed by atoms with Gasteiger partial charge in [0.05, 0.1) is 0 Å². The number of hydrogen-bond donors (Lipinski definition) is 3. The summed E-state index contributed by atoms with van der Waals surface area (Å²) < 4.78 is 0. The van der Waals surface area contributed by atoms with E-state index in [4.69, 9.17) is 0 Å². The van der Waals surface area contributed by atoms with Gasteiger partial charge in [0.15, 0.2) is 0 Å². The van der Waals surface area contributed by atoms with E-state index in [1.54, 1.807) is 0 Å². The van der Waals surface area contributed by atoms with Gasteiger partial charge in [-0.25, -0.2) is 0 Å². The summed E-state index contributed by atoms with van der Waals surface area (Å²) in [6.07, 6.45) is 9.82. The summed E-state index contributed by atoms with van der Waals surface area (Å²) in [5, 5.41) is 9.82. The van der Waals surface area contributed by atoms with Gasteiger partial charge in [0.1, 0.15) is 0 Å². The van der Waals surface area contributed by atoms with Gasteiger partial charge >= 0.3 is 0 Å². The molecule has 19 heavy (non-hydrogen) atoms. The van der Waals surface area contributed by atoms with Crippen molar-refractivity contribution in [3.8, 4) is 0 Å². The molecule has 1 saturated heterocycles. The smallest absolute Gasteiger partial charge is 0.220 e. The second kappa shape index (κ2) is 11.2. The maximum Gasteiger partial charge on any atom is 0.220 e. The normalized spacial score (nSPS) is 18.8. The van der Waals surface area contributed by atoms with Crippen LogP contribution in [0, 0.1) is 0 Å². The lowest BCUT2D eigenvalue weighted by Crippen LogP contribution is -2.38. The summed E-state index contributed by atoms with van der Waals surface area (Å²) in [5.41, 5.74) is 0. The molecule has 0 saturated carbocycles. The van der Waals surface area contributed by atoms with Gasteiger partial charge in [-0.3, -0.25) is 4.79 Å². The molecule has 0 aliphatic carbocycles. The van der Waals surface area contributed by atoms with Crippen molar-refractivity contribution in [2.24, 2.45) is 0 Å². The monoisotopic (exact) mass is 269 g/mol. The van der Waals surface area contributed by atoms with Crippen LogP contribution in [-0.4, -0.2) is 38.1 Å². The number of amides is 1. The highest BCUT2D eigenvalue weighted by molar-refractivity contribution is 5.78. The van der Waals surface area contributed by atoms with E-state index in [0.29, 0.717) is 12.5 Å². The quantitative estimate of drug-likeness (QED) is 0.474. The van der Waals surface area contributed by atoms with Crippen LogP contribution in [-0.2, 0) is 4.79 Å². The molecule has 1 rings (SSSR count). The Kier molecular flexibility index (Phi) is 9.72. The average molecular weight is 269 g/mol. The minimum atomic E-state index is 0.202. The second-order valence-corrected chi connectivity index (χ2v) is 5.53. The molecule has 3 N–H and O–H groups in total. The molecule has 0 bridgehead atoms. The fraction of sp³-hybridized carbons (Fsp3) is 0.933. The molecule has 0 unspecified atom stereocenters. The van der Waals surface area contributed by atoms with Crippen molar-refractivity contribution in [3.05, 3.63) is 0 Å². The Morgan fingerprint density at radius 1 is 1.05 bits per heavy atom. The van der Waals surface area contributed by atoms with Crippen molar-refractivity contribution in [3.63, 3.8) is 0 Å². The Morgan fingerprint density at radius 2 is 1.79 bits per heavy atom. The van der Waals surface area contributed by atoms with Crippen molar-refractivity contribution in [2.75, 3.05) is 26.2 Å². The van der Waals surface area contributed by atoms with Crippen LogP contribution in [0.1, 0.15) is 58.3 Å². The largest absolute Gasteiger partial charge is 0.352 e. The summed E-state index contributed by atoms with van der Waals surface area (Å²) in [7, 11) is 0. The van der Waals surface area contributed by atoms with E-state index in [2.05, 4.69) is 22.9 Å². The molecule has 1 heterocycles. The summed E-state index contributed by atoms with van der Waals surface area (Å²) >= 11 is 0. The first-order chi connectivity index (χ1) is 9.33. The van der Waals surface area contributed by atoms with Crippen LogP contribution in [0.25, 0.3) is 0 Å². The molecule has 112 valence electrons. The van der Waals surface area contributed by atoms with Gasteiger partial charge in [-0.05, 0) is 19.4 Å². The van der Waals surface area contributed by atoms with E-state index >= 15 is 0 Å². The topological polar surface area (TPSA) is 53.2 Å². The molecule has 1 fully saturated rings. The summed E-state index contributed by atoms with van der Waals surface area (Å²) in [5.74, 6) is 0.202. The van der Waals surface area contributed by atoms with Gasteiger partial charge in [0, 0.05) is 32.1 Å². The van der Waals surface area contributed by atoms with Gasteiger partial charge in [-0.15, -0.1) is 0 Å². The fourth-order valence-electron chi connectivity index (χ4n) is 2.44. The Bertz CT molecular complexity index is 233. The molecule has 0 aromatic carbocycles. The van der Waals surface area contributed by atoms with Crippen molar-refractivity contribution < 1.29 is 4.79 Å². The molecule has 1 aliphatic rings. The minimum absolute atomic E-state index is 0.202. The minimum Gasteiger partial charge on any atom is -0.352 e. The lowest BCUT2D eigenvalue weighted by atomic mass is 10.1. The van der Waals surface area contributed by atoms with Crippen molar-refractivity contribution in [1.29, 1.82) is 0 Å². The van der Waals surface area contributed by atoms with E-state index in [9.17, 15) is 4.79 Å². The molecule has 1 aliphatic heterocycles. The van der Waals surface area contributed by atoms with Crippen molar-refractivity contribution in [1.82, 2.24) is 16.0 Å². The highest BCUT2D eigenvalue weighted by Crippen LogP contribution is 2.05. The highest BCUT2D eigenvalue weighted by atomic mass is 16.1. The first-order valence-corrected chi connectivity index (χ1v) is 8.03. The zero-order chi connectivity index (χ0) is 13.8. The van der Waals surface area contributed by atoms with Crippen LogP contribution in [0.2, 0.25) is 0 Å². The van der Waals surface area contributed by atoms with Gasteiger partial charge < -0.3 is 16.0 Å². The third-order valence-electron chi connectivity index (χ3n) is 3.66. The summed E-state index contributed by atoms with van der Waals surface area (Å²) in [4.78, 5) is 11.0. The predicted octanol–water partition coefficient (Wildman–Crippen LogP) is 1.80. The lowest BCUT2D eigenvalue weighted by molar-refractivity contribution is -0.119. The summed E-state index contributed by atoms with van der Waals surface area (Å²) in [6, 6.07) is 0.353. The molecule has 4 nitrogen and oxygen atoms in total. The molecular weight excluding hydrogens is 238 g/mol. The van der Waals surface area contributed by atoms with Crippen molar-refractivity contribution >= 4 is 5.91 Å². The van der Waals surface area contributed by atoms with Crippen LogP contribution >= 0.6 is 0 Å². The number of hydrogen-bond acceptors (Lipinski definition) is 3. The van der Waals surface area contributed by atoms with Crippen molar-refractivity contribution in [2.45, 2.75) is 64.3 Å². The first kappa shape index (κ1) is 16.4. The Labute approximate surface area is 118 Å². The maximum atomic E-state index is 11.0. The van der Waals surface area contributed by atoms with Gasteiger partial charge in [-0.2, -0.15) is 0 Å². The van der Waals surface area contributed by atoms with Crippen LogP contribution in [0.4, 0.5) is 0 Å². The highest BCUT2D eigenvalue weighted by Gasteiger charge is 2.19. The molecule has 0 aromatic heterocycles. The Hall–Kier alpha value is -0.610. The van der Waals surface area contributed by atoms with Gasteiger partial charge in [-0.1, -0.05) is 39.0 Å². The number of rotatable bonds is 12. The molecule has 1 atom stereocenters. The molecular formula is C15H31N3O. The third-order valence-corrected chi connectivity index (χ3v) is 3.66. The van der Waals surface area contributed by atoms with Crippen LogP contribution < -0.4 is 16.0 Å². The average Bonchev–Trinajstić information content (AvgIpc) is 2.82. The number of unbranched alkanes of at least 4 members (excludes halogenated alkanes) is 5. The molecule has 1 amide bonds. The molecule has 0 spiro atoms. The molecule has 0 aromatic rings. The zero-order valence-electron chi connectivity index (χ0n) is 12.5. The number of nitrogens with one attached hydrogen (secondary N) is 3. The maximum absolute atomic E-state index is 11.0. The van der Waals surface area contributed by atoms with E-state index in [0.717, 1.165) is 32.6 Å².